The topological polar surface area (TPSA) is 47.6 Å². The number of methoxy groups -OCH3 is 1. The number of amides is 1. The summed E-state index contributed by atoms with van der Waals surface area (Å²) in [6.45, 7) is 8.28. The third-order valence-electron chi connectivity index (χ3n) is 3.85. The molecule has 126 valence electrons. The molecule has 0 saturated carbocycles. The zero-order chi connectivity index (χ0) is 17.5. The number of anilines is 1. The molecule has 0 spiro atoms. The summed E-state index contributed by atoms with van der Waals surface area (Å²) >= 11 is 0. The van der Waals surface area contributed by atoms with Gasteiger partial charge in [-0.1, -0.05) is 49.9 Å². The molecule has 0 radical (unpaired) electrons. The predicted octanol–water partition coefficient (Wildman–Crippen LogP) is 4.96. The van der Waals surface area contributed by atoms with E-state index in [9.17, 15) is 4.79 Å². The van der Waals surface area contributed by atoms with Crippen molar-refractivity contribution in [1.29, 1.82) is 0 Å². The standard InChI is InChI=1S/C20H23NO3/c1-5-15-10-11-18(14(3)12-15)24-13-17-9-7-8-16(6-2)19(17)21-20(22)23-4/h6-12H,2,5,13H2,1,3-4H3,(H,21,22). The van der Waals surface area contributed by atoms with Crippen LogP contribution in [0, 0.1) is 6.92 Å². The highest BCUT2D eigenvalue weighted by atomic mass is 16.5. The van der Waals surface area contributed by atoms with Crippen molar-refractivity contribution in [3.05, 3.63) is 65.2 Å². The molecule has 4 heteroatoms. The van der Waals surface area contributed by atoms with Crippen LogP contribution < -0.4 is 10.1 Å². The lowest BCUT2D eigenvalue weighted by Crippen LogP contribution is -2.14. The predicted molar refractivity (Wildman–Crippen MR) is 97.4 cm³/mol. The van der Waals surface area contributed by atoms with E-state index < -0.39 is 6.09 Å². The smallest absolute Gasteiger partial charge is 0.411 e. The first-order valence-corrected chi connectivity index (χ1v) is 7.90. The summed E-state index contributed by atoms with van der Waals surface area (Å²) in [5.41, 5.74) is 4.71. The number of rotatable bonds is 6. The molecule has 1 amide bonds. The number of carbonyl (C=O) groups excluding carboxylic acids is 1. The fourth-order valence-electron chi connectivity index (χ4n) is 2.46. The van der Waals surface area contributed by atoms with Crippen molar-refractivity contribution in [2.24, 2.45) is 0 Å². The second kappa shape index (κ2) is 8.20. The van der Waals surface area contributed by atoms with Crippen LogP contribution in [0.4, 0.5) is 10.5 Å². The van der Waals surface area contributed by atoms with Crippen LogP contribution in [0.5, 0.6) is 5.75 Å². The van der Waals surface area contributed by atoms with Gasteiger partial charge in [0.2, 0.25) is 0 Å². The van der Waals surface area contributed by atoms with E-state index in [0.717, 1.165) is 28.9 Å². The van der Waals surface area contributed by atoms with Gasteiger partial charge >= 0.3 is 6.09 Å². The monoisotopic (exact) mass is 325 g/mol. The lowest BCUT2D eigenvalue weighted by molar-refractivity contribution is 0.187. The van der Waals surface area contributed by atoms with Crippen LogP contribution in [-0.2, 0) is 17.8 Å². The van der Waals surface area contributed by atoms with Crippen molar-refractivity contribution in [3.8, 4) is 5.75 Å². The fourth-order valence-corrected chi connectivity index (χ4v) is 2.46. The summed E-state index contributed by atoms with van der Waals surface area (Å²) in [7, 11) is 1.33. The number of aryl methyl sites for hydroxylation is 2. The zero-order valence-electron chi connectivity index (χ0n) is 14.4. The summed E-state index contributed by atoms with van der Waals surface area (Å²) < 4.78 is 10.6. The largest absolute Gasteiger partial charge is 0.489 e. The van der Waals surface area contributed by atoms with Crippen LogP contribution in [0.25, 0.3) is 6.08 Å². The molecule has 0 fully saturated rings. The molecule has 0 aliphatic carbocycles. The maximum Gasteiger partial charge on any atom is 0.411 e. The van der Waals surface area contributed by atoms with Crippen LogP contribution in [0.15, 0.2) is 43.0 Å². The van der Waals surface area contributed by atoms with Gasteiger partial charge in [-0.15, -0.1) is 0 Å². The molecule has 0 atom stereocenters. The van der Waals surface area contributed by atoms with Crippen molar-refractivity contribution in [1.82, 2.24) is 0 Å². The van der Waals surface area contributed by atoms with Gasteiger partial charge in [-0.25, -0.2) is 4.79 Å². The third kappa shape index (κ3) is 4.16. The molecular weight excluding hydrogens is 302 g/mol. The number of hydrogen-bond donors (Lipinski definition) is 1. The van der Waals surface area contributed by atoms with Crippen molar-refractivity contribution < 1.29 is 14.3 Å². The fraction of sp³-hybridized carbons (Fsp3) is 0.250. The maximum atomic E-state index is 11.6. The van der Waals surface area contributed by atoms with E-state index in [2.05, 4.69) is 31.0 Å². The van der Waals surface area contributed by atoms with E-state index in [-0.39, 0.29) is 0 Å². The zero-order valence-corrected chi connectivity index (χ0v) is 14.4. The highest BCUT2D eigenvalue weighted by Gasteiger charge is 2.11. The molecule has 0 bridgehead atoms. The van der Waals surface area contributed by atoms with E-state index >= 15 is 0 Å². The second-order valence-electron chi connectivity index (χ2n) is 5.44. The van der Waals surface area contributed by atoms with E-state index in [1.54, 1.807) is 6.08 Å². The molecule has 2 rings (SSSR count). The van der Waals surface area contributed by atoms with Crippen LogP contribution in [0.2, 0.25) is 0 Å². The van der Waals surface area contributed by atoms with Gasteiger partial charge in [-0.2, -0.15) is 0 Å². The van der Waals surface area contributed by atoms with Crippen molar-refractivity contribution >= 4 is 17.9 Å². The molecule has 4 nitrogen and oxygen atoms in total. The van der Waals surface area contributed by atoms with Crippen molar-refractivity contribution in [2.45, 2.75) is 26.9 Å². The van der Waals surface area contributed by atoms with E-state index in [1.807, 2.05) is 31.2 Å². The first-order valence-electron chi connectivity index (χ1n) is 7.90. The number of benzene rings is 2. The quantitative estimate of drug-likeness (QED) is 0.816. The van der Waals surface area contributed by atoms with Gasteiger partial charge < -0.3 is 9.47 Å². The van der Waals surface area contributed by atoms with E-state index in [0.29, 0.717) is 12.3 Å². The van der Waals surface area contributed by atoms with Crippen LogP contribution in [-0.4, -0.2) is 13.2 Å². The van der Waals surface area contributed by atoms with Crippen LogP contribution >= 0.6 is 0 Å². The van der Waals surface area contributed by atoms with E-state index in [4.69, 9.17) is 9.47 Å². The molecule has 0 aliphatic heterocycles. The molecular formula is C20H23NO3. The van der Waals surface area contributed by atoms with E-state index in [1.165, 1.54) is 12.7 Å². The minimum absolute atomic E-state index is 0.341. The molecule has 1 N–H and O–H groups in total. The summed E-state index contributed by atoms with van der Waals surface area (Å²) in [6.07, 6.45) is 2.17. The molecule has 0 aliphatic rings. The number of hydrogen-bond acceptors (Lipinski definition) is 3. The van der Waals surface area contributed by atoms with Crippen molar-refractivity contribution in [2.75, 3.05) is 12.4 Å². The SMILES string of the molecule is C=Cc1cccc(COc2ccc(CC)cc2C)c1NC(=O)OC. The second-order valence-corrected chi connectivity index (χ2v) is 5.44. The number of ether oxygens (including phenoxy) is 2. The Hall–Kier alpha value is -2.75. The molecule has 0 heterocycles. The molecule has 2 aromatic rings. The Bertz CT molecular complexity index is 738. The average Bonchev–Trinajstić information content (AvgIpc) is 2.61. The Labute approximate surface area is 143 Å². The number of carbonyl (C=O) groups is 1. The van der Waals surface area contributed by atoms with Gasteiger partial charge in [0.05, 0.1) is 12.8 Å². The van der Waals surface area contributed by atoms with Crippen molar-refractivity contribution in [3.63, 3.8) is 0 Å². The Morgan fingerprint density at radius 1 is 1.29 bits per heavy atom. The molecule has 0 unspecified atom stereocenters. The number of para-hydroxylation sites is 1. The van der Waals surface area contributed by atoms with Gasteiger partial charge in [0, 0.05) is 5.56 Å². The Morgan fingerprint density at radius 3 is 2.71 bits per heavy atom. The highest BCUT2D eigenvalue weighted by molar-refractivity contribution is 5.89. The lowest BCUT2D eigenvalue weighted by atomic mass is 10.1. The molecule has 24 heavy (non-hydrogen) atoms. The lowest BCUT2D eigenvalue weighted by Gasteiger charge is -2.15. The Morgan fingerprint density at radius 2 is 2.08 bits per heavy atom. The summed E-state index contributed by atoms with van der Waals surface area (Å²) in [4.78, 5) is 11.6. The van der Waals surface area contributed by atoms with Gasteiger partial charge in [-0.3, -0.25) is 5.32 Å². The van der Waals surface area contributed by atoms with Gasteiger partial charge in [-0.05, 0) is 36.1 Å². The minimum atomic E-state index is -0.519. The maximum absolute atomic E-state index is 11.6. The van der Waals surface area contributed by atoms with Gasteiger partial charge in [0.25, 0.3) is 0 Å². The molecule has 0 saturated heterocycles. The Balaban J connectivity index is 2.23. The highest BCUT2D eigenvalue weighted by Crippen LogP contribution is 2.26. The third-order valence-corrected chi connectivity index (χ3v) is 3.85. The van der Waals surface area contributed by atoms with Gasteiger partial charge in [0.15, 0.2) is 0 Å². The molecule has 0 aromatic heterocycles. The summed E-state index contributed by atoms with van der Waals surface area (Å²) in [6, 6.07) is 11.9. The average molecular weight is 325 g/mol. The minimum Gasteiger partial charge on any atom is -0.489 e. The first kappa shape index (κ1) is 17.6. The number of nitrogens with one attached hydrogen (secondary N) is 1. The summed E-state index contributed by atoms with van der Waals surface area (Å²) in [5.74, 6) is 0.834. The Kier molecular flexibility index (Phi) is 6.01. The van der Waals surface area contributed by atoms with Crippen LogP contribution in [0.3, 0.4) is 0 Å². The van der Waals surface area contributed by atoms with Crippen LogP contribution in [0.1, 0.15) is 29.2 Å². The first-order chi connectivity index (χ1) is 11.6. The van der Waals surface area contributed by atoms with Gasteiger partial charge in [0.1, 0.15) is 12.4 Å². The molecule has 2 aromatic carbocycles. The normalized spacial score (nSPS) is 10.1. The summed E-state index contributed by atoms with van der Waals surface area (Å²) in [5, 5.41) is 2.74.